The third-order valence-corrected chi connectivity index (χ3v) is 7.17. The van der Waals surface area contributed by atoms with Crippen molar-refractivity contribution in [3.05, 3.63) is 29.3 Å². The first-order valence-corrected chi connectivity index (χ1v) is 11.3. The molecule has 2 heterocycles. The Morgan fingerprint density at radius 2 is 1.93 bits per heavy atom. The van der Waals surface area contributed by atoms with Crippen LogP contribution < -0.4 is 4.72 Å². The average molecular weight is 426 g/mol. The summed E-state index contributed by atoms with van der Waals surface area (Å²) >= 11 is -1.31. The lowest BCUT2D eigenvalue weighted by molar-refractivity contribution is 0.00711. The van der Waals surface area contributed by atoms with Gasteiger partial charge in [0.05, 0.1) is 12.2 Å². The summed E-state index contributed by atoms with van der Waals surface area (Å²) < 4.78 is 35.2. The number of hydrogen-bond acceptors (Lipinski definition) is 5. The second-order valence-corrected chi connectivity index (χ2v) is 12.1. The minimum atomic E-state index is -1.31. The number of hydrogen-bond donors (Lipinski definition) is 1. The van der Waals surface area contributed by atoms with Gasteiger partial charge in [-0.3, -0.25) is 4.98 Å². The number of piperidine rings is 1. The highest BCUT2D eigenvalue weighted by Gasteiger charge is 2.52. The largest absolute Gasteiger partial charge is 0.598 e. The first-order chi connectivity index (χ1) is 13.3. The van der Waals surface area contributed by atoms with Crippen molar-refractivity contribution in [2.75, 3.05) is 13.1 Å². The van der Waals surface area contributed by atoms with Crippen LogP contribution in [-0.4, -0.2) is 44.0 Å². The van der Waals surface area contributed by atoms with Crippen LogP contribution >= 0.6 is 0 Å². The number of carbonyl (C=O) groups excluding carboxylic acids is 1. The van der Waals surface area contributed by atoms with Crippen molar-refractivity contribution in [3.8, 4) is 0 Å². The van der Waals surface area contributed by atoms with E-state index in [0.717, 1.165) is 11.3 Å². The summed E-state index contributed by atoms with van der Waals surface area (Å²) in [7, 11) is 0. The summed E-state index contributed by atoms with van der Waals surface area (Å²) in [5, 5.41) is 0. The van der Waals surface area contributed by atoms with Gasteiger partial charge in [0.15, 0.2) is 0 Å². The maximum Gasteiger partial charge on any atom is 0.410 e. The molecular weight excluding hydrogens is 393 g/mol. The summed E-state index contributed by atoms with van der Waals surface area (Å²) in [5.74, 6) is -0.389. The minimum Gasteiger partial charge on any atom is -0.598 e. The normalized spacial score (nSPS) is 22.5. The van der Waals surface area contributed by atoms with Crippen LogP contribution in [-0.2, 0) is 22.5 Å². The van der Waals surface area contributed by atoms with Crippen molar-refractivity contribution in [3.63, 3.8) is 0 Å². The topological polar surface area (TPSA) is 77.5 Å². The molecule has 2 atom stereocenters. The van der Waals surface area contributed by atoms with Crippen molar-refractivity contribution in [2.45, 2.75) is 77.2 Å². The van der Waals surface area contributed by atoms with E-state index in [1.807, 2.05) is 41.5 Å². The first-order valence-electron chi connectivity index (χ1n) is 10.1. The molecule has 0 radical (unpaired) electrons. The predicted octanol–water partition coefficient (Wildman–Crippen LogP) is 3.89. The van der Waals surface area contributed by atoms with Crippen molar-refractivity contribution in [1.29, 1.82) is 0 Å². The van der Waals surface area contributed by atoms with Crippen molar-refractivity contribution >= 4 is 17.5 Å². The zero-order valence-electron chi connectivity index (χ0n) is 18.2. The molecule has 8 heteroatoms. The molecule has 0 aromatic carbocycles. The summed E-state index contributed by atoms with van der Waals surface area (Å²) in [5.41, 5.74) is 0.849. The van der Waals surface area contributed by atoms with E-state index in [0.29, 0.717) is 32.4 Å². The number of ether oxygens (including phenoxy) is 1. The monoisotopic (exact) mass is 425 g/mol. The fourth-order valence-electron chi connectivity index (χ4n) is 4.05. The average Bonchev–Trinajstić information content (AvgIpc) is 2.86. The van der Waals surface area contributed by atoms with Gasteiger partial charge in [-0.25, -0.2) is 9.18 Å². The Kier molecular flexibility index (Phi) is 5.93. The van der Waals surface area contributed by atoms with Gasteiger partial charge in [-0.1, -0.05) is 0 Å². The second kappa shape index (κ2) is 7.71. The van der Waals surface area contributed by atoms with Crippen molar-refractivity contribution in [2.24, 2.45) is 5.41 Å². The summed E-state index contributed by atoms with van der Waals surface area (Å²) in [4.78, 5) is 18.5. The van der Waals surface area contributed by atoms with Gasteiger partial charge in [-0.05, 0) is 72.4 Å². The molecule has 1 unspecified atom stereocenters. The van der Waals surface area contributed by atoms with Gasteiger partial charge in [0.2, 0.25) is 0 Å². The molecule has 1 saturated heterocycles. The molecule has 1 N–H and O–H groups in total. The number of nitrogens with one attached hydrogen (secondary N) is 1. The Balaban J connectivity index is 1.81. The molecule has 1 aliphatic heterocycles. The third kappa shape index (κ3) is 4.86. The molecule has 2 aliphatic rings. The second-order valence-electron chi connectivity index (χ2n) is 10.1. The van der Waals surface area contributed by atoms with Crippen molar-refractivity contribution in [1.82, 2.24) is 14.6 Å². The van der Waals surface area contributed by atoms with Gasteiger partial charge in [0, 0.05) is 35.6 Å². The molecule has 1 spiro atoms. The molecule has 3 rings (SSSR count). The van der Waals surface area contributed by atoms with Crippen LogP contribution in [0.2, 0.25) is 0 Å². The highest BCUT2D eigenvalue weighted by atomic mass is 32.2. The van der Waals surface area contributed by atoms with Gasteiger partial charge in [-0.2, -0.15) is 0 Å². The summed E-state index contributed by atoms with van der Waals surface area (Å²) in [6.45, 7) is 12.4. The molecule has 1 aliphatic carbocycles. The number of carbonyl (C=O) groups is 1. The standard InChI is InChI=1S/C21H32FN3O3S/c1-19(2,3)28-18(26)25-9-7-21(8-10-25)12-16-15(11-14(22)13-23-16)17(21)24-29(27)20(4,5)6/h11,13,17,24H,7-10,12H2,1-6H3/t17-,29?/m0/s1. The van der Waals surface area contributed by atoms with Gasteiger partial charge in [-0.15, -0.1) is 4.72 Å². The maximum atomic E-state index is 14.0. The molecule has 162 valence electrons. The van der Waals surface area contributed by atoms with Gasteiger partial charge < -0.3 is 14.2 Å². The van der Waals surface area contributed by atoms with E-state index in [1.54, 1.807) is 4.90 Å². The number of amides is 1. The Morgan fingerprint density at radius 3 is 2.48 bits per heavy atom. The van der Waals surface area contributed by atoms with Crippen molar-refractivity contribution < 1.29 is 18.5 Å². The predicted molar refractivity (Wildman–Crippen MR) is 111 cm³/mol. The molecule has 0 saturated carbocycles. The quantitative estimate of drug-likeness (QED) is 0.728. The van der Waals surface area contributed by atoms with E-state index in [2.05, 4.69) is 9.71 Å². The van der Waals surface area contributed by atoms with Gasteiger partial charge >= 0.3 is 6.09 Å². The number of nitrogens with zero attached hydrogens (tertiary/aromatic N) is 2. The lowest BCUT2D eigenvalue weighted by Gasteiger charge is -2.43. The van der Waals surface area contributed by atoms with Crippen LogP contribution in [0.15, 0.2) is 12.3 Å². The van der Waals surface area contributed by atoms with Crippen LogP contribution in [0.1, 0.15) is 71.7 Å². The fourth-order valence-corrected chi connectivity index (χ4v) is 4.99. The van der Waals surface area contributed by atoms with E-state index < -0.39 is 21.7 Å². The van der Waals surface area contributed by atoms with Gasteiger partial charge in [0.25, 0.3) is 0 Å². The number of aromatic nitrogens is 1. The van der Waals surface area contributed by atoms with E-state index in [9.17, 15) is 13.7 Å². The van der Waals surface area contributed by atoms with Crippen LogP contribution in [0.4, 0.5) is 9.18 Å². The first kappa shape index (κ1) is 22.3. The fraction of sp³-hybridized carbons (Fsp3) is 0.714. The SMILES string of the molecule is CC(C)(C)OC(=O)N1CCC2(CC1)Cc1ncc(F)cc1[C@@H]2N[S+]([O-])C(C)(C)C. The zero-order valence-corrected chi connectivity index (χ0v) is 19.0. The van der Waals surface area contributed by atoms with Gasteiger partial charge in [0.1, 0.15) is 16.2 Å². The minimum absolute atomic E-state index is 0.247. The highest BCUT2D eigenvalue weighted by Crippen LogP contribution is 2.52. The number of likely N-dealkylation sites (tertiary alicyclic amines) is 1. The third-order valence-electron chi connectivity index (χ3n) is 5.61. The van der Waals surface area contributed by atoms with E-state index in [4.69, 9.17) is 4.74 Å². The maximum absolute atomic E-state index is 14.0. The zero-order chi connectivity index (χ0) is 21.6. The van der Waals surface area contributed by atoms with E-state index in [-0.39, 0.29) is 23.4 Å². The van der Waals surface area contributed by atoms with Crippen LogP contribution in [0.5, 0.6) is 0 Å². The number of pyridine rings is 1. The Bertz CT molecular complexity index is 767. The number of halogens is 1. The molecule has 1 aromatic heterocycles. The van der Waals surface area contributed by atoms with Crippen LogP contribution in [0.25, 0.3) is 0 Å². The highest BCUT2D eigenvalue weighted by molar-refractivity contribution is 7.90. The molecule has 1 aromatic rings. The van der Waals surface area contributed by atoms with E-state index in [1.165, 1.54) is 12.3 Å². The molecule has 1 fully saturated rings. The lowest BCUT2D eigenvalue weighted by Crippen LogP contribution is -2.51. The Hall–Kier alpha value is -1.38. The smallest absolute Gasteiger partial charge is 0.410 e. The summed E-state index contributed by atoms with van der Waals surface area (Å²) in [6.07, 6.45) is 3.04. The number of fused-ring (bicyclic) bond motifs is 1. The Morgan fingerprint density at radius 1 is 1.31 bits per heavy atom. The molecule has 29 heavy (non-hydrogen) atoms. The summed E-state index contributed by atoms with van der Waals surface area (Å²) in [6, 6.07) is 1.25. The molecule has 0 bridgehead atoms. The lowest BCUT2D eigenvalue weighted by atomic mass is 9.73. The van der Waals surface area contributed by atoms with Crippen LogP contribution in [0, 0.1) is 11.2 Å². The van der Waals surface area contributed by atoms with E-state index >= 15 is 0 Å². The Labute approximate surface area is 175 Å². The molecule has 6 nitrogen and oxygen atoms in total. The molecular formula is C21H32FN3O3S. The van der Waals surface area contributed by atoms with Crippen LogP contribution in [0.3, 0.4) is 0 Å². The molecule has 1 amide bonds. The number of rotatable bonds is 2.